The fraction of sp³-hybridized carbons (Fsp3) is 0.600. The lowest BCUT2D eigenvalue weighted by Gasteiger charge is -2.28. The van der Waals surface area contributed by atoms with Crippen molar-refractivity contribution in [2.45, 2.75) is 51.5 Å². The molecule has 2 N–H and O–H groups in total. The third-order valence-corrected chi connectivity index (χ3v) is 3.79. The van der Waals surface area contributed by atoms with Crippen molar-refractivity contribution in [2.24, 2.45) is 11.7 Å². The van der Waals surface area contributed by atoms with Crippen LogP contribution in [0.4, 0.5) is 0 Å². The maximum absolute atomic E-state index is 6.16. The molecule has 0 aromatic heterocycles. The summed E-state index contributed by atoms with van der Waals surface area (Å²) in [6.45, 7) is 2.13. The zero-order chi connectivity index (χ0) is 11.4. The summed E-state index contributed by atoms with van der Waals surface area (Å²) in [5.74, 6) is 0.938. The molecule has 1 saturated carbocycles. The van der Waals surface area contributed by atoms with E-state index in [4.69, 9.17) is 5.73 Å². The summed E-state index contributed by atoms with van der Waals surface area (Å²) in [6, 6.07) is 9.24. The average Bonchev–Trinajstić information content (AvgIpc) is 2.23. The first-order valence-corrected chi connectivity index (χ1v) is 6.55. The van der Waals surface area contributed by atoms with Crippen LogP contribution >= 0.6 is 0 Å². The Morgan fingerprint density at radius 2 is 1.94 bits per heavy atom. The third-order valence-electron chi connectivity index (χ3n) is 3.79. The maximum Gasteiger partial charge on any atom is 0.00446 e. The van der Waals surface area contributed by atoms with Gasteiger partial charge in [0.05, 0.1) is 0 Å². The normalized spacial score (nSPS) is 18.1. The molecule has 0 saturated heterocycles. The topological polar surface area (TPSA) is 26.0 Å². The summed E-state index contributed by atoms with van der Waals surface area (Å²) in [5.41, 5.74) is 8.92. The van der Waals surface area contributed by atoms with Crippen LogP contribution in [0, 0.1) is 12.8 Å². The van der Waals surface area contributed by atoms with Crippen LogP contribution in [0.1, 0.15) is 43.2 Å². The minimum Gasteiger partial charge on any atom is -0.328 e. The smallest absolute Gasteiger partial charge is 0.00446 e. The quantitative estimate of drug-likeness (QED) is 0.803. The van der Waals surface area contributed by atoms with E-state index in [0.717, 1.165) is 18.8 Å². The molecule has 1 aliphatic rings. The maximum atomic E-state index is 6.16. The fourth-order valence-corrected chi connectivity index (χ4v) is 2.38. The van der Waals surface area contributed by atoms with Crippen molar-refractivity contribution in [3.63, 3.8) is 0 Å². The molecule has 0 spiro atoms. The molecule has 0 radical (unpaired) electrons. The second-order valence-electron chi connectivity index (χ2n) is 5.32. The van der Waals surface area contributed by atoms with Crippen LogP contribution in [0.2, 0.25) is 0 Å². The van der Waals surface area contributed by atoms with Crippen LogP contribution in [0.3, 0.4) is 0 Å². The molecule has 16 heavy (non-hydrogen) atoms. The predicted octanol–water partition coefficient (Wildman–Crippen LogP) is 3.45. The Labute approximate surface area is 99.0 Å². The molecule has 1 unspecified atom stereocenters. The highest BCUT2D eigenvalue weighted by molar-refractivity contribution is 5.21. The minimum atomic E-state index is 0.409. The minimum absolute atomic E-state index is 0.409. The van der Waals surface area contributed by atoms with Crippen molar-refractivity contribution >= 4 is 0 Å². The molecule has 1 fully saturated rings. The molecule has 0 heterocycles. The van der Waals surface area contributed by atoms with Gasteiger partial charge in [0.15, 0.2) is 0 Å². The molecule has 1 aliphatic carbocycles. The van der Waals surface area contributed by atoms with E-state index in [1.54, 1.807) is 0 Å². The van der Waals surface area contributed by atoms with Gasteiger partial charge in [0.2, 0.25) is 0 Å². The molecule has 0 aliphatic heterocycles. The second kappa shape index (κ2) is 5.49. The van der Waals surface area contributed by atoms with Gasteiger partial charge < -0.3 is 5.73 Å². The molecule has 88 valence electrons. The largest absolute Gasteiger partial charge is 0.328 e. The van der Waals surface area contributed by atoms with Gasteiger partial charge in [-0.2, -0.15) is 0 Å². The Balaban J connectivity index is 1.71. The highest BCUT2D eigenvalue weighted by atomic mass is 14.6. The Kier molecular flexibility index (Phi) is 4.00. The Morgan fingerprint density at radius 1 is 1.25 bits per heavy atom. The molecule has 2 rings (SSSR count). The van der Waals surface area contributed by atoms with E-state index >= 15 is 0 Å². The number of benzene rings is 1. The van der Waals surface area contributed by atoms with Gasteiger partial charge in [-0.3, -0.25) is 0 Å². The van der Waals surface area contributed by atoms with E-state index in [1.165, 1.54) is 36.8 Å². The molecule has 1 heteroatoms. The summed E-state index contributed by atoms with van der Waals surface area (Å²) in [5, 5.41) is 0. The molecule has 1 aromatic rings. The number of aryl methyl sites for hydroxylation is 2. The lowest BCUT2D eigenvalue weighted by Crippen LogP contribution is -2.27. The zero-order valence-electron chi connectivity index (χ0n) is 10.3. The van der Waals surface area contributed by atoms with E-state index in [0.29, 0.717) is 6.04 Å². The van der Waals surface area contributed by atoms with E-state index in [9.17, 15) is 0 Å². The van der Waals surface area contributed by atoms with Crippen molar-refractivity contribution < 1.29 is 0 Å². The lowest BCUT2D eigenvalue weighted by molar-refractivity contribution is 0.272. The van der Waals surface area contributed by atoms with Gasteiger partial charge in [0.25, 0.3) is 0 Å². The van der Waals surface area contributed by atoms with Crippen LogP contribution in [-0.2, 0) is 6.42 Å². The van der Waals surface area contributed by atoms with E-state index in [1.807, 2.05) is 0 Å². The number of rotatable bonds is 5. The van der Waals surface area contributed by atoms with Gasteiger partial charge in [-0.25, -0.2) is 0 Å². The lowest BCUT2D eigenvalue weighted by atomic mass is 9.80. The van der Waals surface area contributed by atoms with Crippen molar-refractivity contribution in [1.82, 2.24) is 0 Å². The third kappa shape index (κ3) is 3.34. The monoisotopic (exact) mass is 217 g/mol. The number of hydrogen-bond donors (Lipinski definition) is 1. The molecular formula is C15H23N. The highest BCUT2D eigenvalue weighted by Gasteiger charge is 2.19. The van der Waals surface area contributed by atoms with Crippen LogP contribution in [0.25, 0.3) is 0 Å². The van der Waals surface area contributed by atoms with E-state index in [2.05, 4.69) is 31.2 Å². The first kappa shape index (κ1) is 11.7. The first-order valence-electron chi connectivity index (χ1n) is 6.55. The van der Waals surface area contributed by atoms with Crippen molar-refractivity contribution in [3.05, 3.63) is 35.4 Å². The molecule has 1 aromatic carbocycles. The SMILES string of the molecule is Cc1ccc(CCC(N)CC2CCC2)cc1. The van der Waals surface area contributed by atoms with Gasteiger partial charge in [-0.05, 0) is 37.7 Å². The predicted molar refractivity (Wildman–Crippen MR) is 69.4 cm³/mol. The van der Waals surface area contributed by atoms with Gasteiger partial charge in [0.1, 0.15) is 0 Å². The van der Waals surface area contributed by atoms with Gasteiger partial charge in [0, 0.05) is 6.04 Å². The second-order valence-corrected chi connectivity index (χ2v) is 5.32. The zero-order valence-corrected chi connectivity index (χ0v) is 10.3. The van der Waals surface area contributed by atoms with Gasteiger partial charge in [-0.15, -0.1) is 0 Å². The summed E-state index contributed by atoms with van der Waals surface area (Å²) in [6.07, 6.45) is 7.77. The average molecular weight is 217 g/mol. The van der Waals surface area contributed by atoms with Gasteiger partial charge >= 0.3 is 0 Å². The van der Waals surface area contributed by atoms with Crippen molar-refractivity contribution in [1.29, 1.82) is 0 Å². The highest BCUT2D eigenvalue weighted by Crippen LogP contribution is 2.30. The van der Waals surface area contributed by atoms with Crippen LogP contribution in [-0.4, -0.2) is 6.04 Å². The van der Waals surface area contributed by atoms with Crippen LogP contribution in [0.15, 0.2) is 24.3 Å². The summed E-state index contributed by atoms with van der Waals surface area (Å²) < 4.78 is 0. The molecule has 0 bridgehead atoms. The summed E-state index contributed by atoms with van der Waals surface area (Å²) in [7, 11) is 0. The van der Waals surface area contributed by atoms with E-state index in [-0.39, 0.29) is 0 Å². The summed E-state index contributed by atoms with van der Waals surface area (Å²) in [4.78, 5) is 0. The first-order chi connectivity index (χ1) is 7.74. The molecule has 0 amide bonds. The standard InChI is InChI=1S/C15H23N/c1-12-5-7-13(8-6-12)9-10-15(16)11-14-3-2-4-14/h5-8,14-15H,2-4,9-11,16H2,1H3. The van der Waals surface area contributed by atoms with E-state index < -0.39 is 0 Å². The van der Waals surface area contributed by atoms with Crippen LogP contribution < -0.4 is 5.73 Å². The summed E-state index contributed by atoms with van der Waals surface area (Å²) >= 11 is 0. The number of nitrogens with two attached hydrogens (primary N) is 1. The Hall–Kier alpha value is -0.820. The molecular weight excluding hydrogens is 194 g/mol. The van der Waals surface area contributed by atoms with Gasteiger partial charge in [-0.1, -0.05) is 49.1 Å². The Morgan fingerprint density at radius 3 is 2.50 bits per heavy atom. The fourth-order valence-electron chi connectivity index (χ4n) is 2.38. The van der Waals surface area contributed by atoms with Crippen molar-refractivity contribution in [3.8, 4) is 0 Å². The molecule has 1 atom stereocenters. The van der Waals surface area contributed by atoms with Crippen molar-refractivity contribution in [2.75, 3.05) is 0 Å². The Bertz CT molecular complexity index is 311. The molecule has 1 nitrogen and oxygen atoms in total. The number of hydrogen-bond acceptors (Lipinski definition) is 1. The van der Waals surface area contributed by atoms with Crippen LogP contribution in [0.5, 0.6) is 0 Å².